The van der Waals surface area contributed by atoms with Gasteiger partial charge in [-0.2, -0.15) is 0 Å². The van der Waals surface area contributed by atoms with Crippen LogP contribution in [-0.4, -0.2) is 47.2 Å². The molecule has 1 aliphatic rings. The van der Waals surface area contributed by atoms with Crippen molar-refractivity contribution in [3.63, 3.8) is 0 Å². The molecule has 0 spiro atoms. The van der Waals surface area contributed by atoms with Crippen LogP contribution in [0.3, 0.4) is 0 Å². The van der Waals surface area contributed by atoms with E-state index in [9.17, 15) is 18.0 Å². The summed E-state index contributed by atoms with van der Waals surface area (Å²) < 4.78 is 24.8. The van der Waals surface area contributed by atoms with Gasteiger partial charge in [0, 0.05) is 6.04 Å². The molecule has 2 heterocycles. The first-order chi connectivity index (χ1) is 14.7. The summed E-state index contributed by atoms with van der Waals surface area (Å²) in [4.78, 5) is 30.4. The zero-order chi connectivity index (χ0) is 22.2. The lowest BCUT2D eigenvalue weighted by Crippen LogP contribution is -2.36. The Balaban J connectivity index is 1.66. The molecule has 31 heavy (non-hydrogen) atoms. The van der Waals surface area contributed by atoms with Crippen LogP contribution in [0, 0.1) is 13.8 Å². The van der Waals surface area contributed by atoms with Crippen LogP contribution in [0.1, 0.15) is 17.5 Å². The maximum Gasteiger partial charge on any atom is 0.266 e. The average Bonchev–Trinajstić information content (AvgIpc) is 3.05. The van der Waals surface area contributed by atoms with Gasteiger partial charge in [-0.1, -0.05) is 41.6 Å². The van der Waals surface area contributed by atoms with Crippen molar-refractivity contribution in [2.75, 3.05) is 17.3 Å². The molecule has 1 amide bonds. The number of thioether (sulfide) groups is 1. The zero-order valence-electron chi connectivity index (χ0n) is 17.3. The molecule has 1 atom stereocenters. The van der Waals surface area contributed by atoms with E-state index in [-0.39, 0.29) is 34.8 Å². The molecule has 1 aliphatic heterocycles. The molecular weight excluding hydrogens is 434 g/mol. The molecule has 1 aromatic heterocycles. The fraction of sp³-hybridized carbons (Fsp3) is 0.318. The summed E-state index contributed by atoms with van der Waals surface area (Å²) in [5.41, 5.74) is 3.11. The van der Waals surface area contributed by atoms with E-state index in [1.807, 2.05) is 38.1 Å². The molecule has 9 heteroatoms. The molecule has 0 saturated carbocycles. The van der Waals surface area contributed by atoms with Gasteiger partial charge in [0.2, 0.25) is 5.91 Å². The summed E-state index contributed by atoms with van der Waals surface area (Å²) in [7, 11) is -3.07. The molecule has 3 aromatic rings. The maximum atomic E-state index is 13.3. The second kappa shape index (κ2) is 8.47. The van der Waals surface area contributed by atoms with E-state index < -0.39 is 9.84 Å². The highest BCUT2D eigenvalue weighted by Gasteiger charge is 2.29. The number of aryl methyl sites for hydroxylation is 2. The third kappa shape index (κ3) is 4.67. The Morgan fingerprint density at radius 3 is 2.71 bits per heavy atom. The molecular formula is C22H23N3O4S2. The lowest BCUT2D eigenvalue weighted by Gasteiger charge is -2.16. The van der Waals surface area contributed by atoms with Crippen molar-refractivity contribution in [1.82, 2.24) is 14.9 Å². The fourth-order valence-electron chi connectivity index (χ4n) is 3.79. The third-order valence-corrected chi connectivity index (χ3v) is 7.97. The number of fused-ring (bicyclic) bond motifs is 1. The van der Waals surface area contributed by atoms with E-state index in [0.717, 1.165) is 16.8 Å². The lowest BCUT2D eigenvalue weighted by atomic mass is 10.1. The van der Waals surface area contributed by atoms with Crippen molar-refractivity contribution in [2.45, 2.75) is 31.5 Å². The van der Waals surface area contributed by atoms with Crippen LogP contribution in [0.25, 0.3) is 16.6 Å². The van der Waals surface area contributed by atoms with Crippen molar-refractivity contribution >= 4 is 38.4 Å². The number of benzene rings is 2. The number of rotatable bonds is 5. The number of nitrogens with one attached hydrogen (secondary N) is 1. The van der Waals surface area contributed by atoms with E-state index in [2.05, 4.69) is 10.3 Å². The van der Waals surface area contributed by atoms with E-state index >= 15 is 0 Å². The molecule has 2 aromatic carbocycles. The number of hydrogen-bond acceptors (Lipinski definition) is 6. The van der Waals surface area contributed by atoms with Crippen molar-refractivity contribution in [2.24, 2.45) is 0 Å². The van der Waals surface area contributed by atoms with Crippen LogP contribution < -0.4 is 10.9 Å². The zero-order valence-corrected chi connectivity index (χ0v) is 18.9. The van der Waals surface area contributed by atoms with Crippen LogP contribution in [0.5, 0.6) is 0 Å². The molecule has 0 aliphatic carbocycles. The smallest absolute Gasteiger partial charge is 0.266 e. The number of para-hydroxylation sites is 1. The normalized spacial score (nSPS) is 17.7. The van der Waals surface area contributed by atoms with Crippen LogP contribution in [0.2, 0.25) is 0 Å². The first kappa shape index (κ1) is 21.6. The number of sulfone groups is 1. The van der Waals surface area contributed by atoms with Gasteiger partial charge in [-0.05, 0) is 44.0 Å². The molecule has 0 radical (unpaired) electrons. The summed E-state index contributed by atoms with van der Waals surface area (Å²) in [5, 5.41) is 3.71. The number of carbonyl (C=O) groups excluding carboxylic acids is 1. The Hall–Kier alpha value is -2.65. The minimum atomic E-state index is -3.07. The van der Waals surface area contributed by atoms with Gasteiger partial charge in [-0.25, -0.2) is 13.4 Å². The predicted octanol–water partition coefficient (Wildman–Crippen LogP) is 2.40. The first-order valence-corrected chi connectivity index (χ1v) is 12.8. The second-order valence-corrected chi connectivity index (χ2v) is 11.0. The summed E-state index contributed by atoms with van der Waals surface area (Å²) in [5.74, 6) is -0.164. The number of nitrogens with zero attached hydrogens (tertiary/aromatic N) is 2. The Labute approximate surface area is 184 Å². The van der Waals surface area contributed by atoms with E-state index in [1.54, 1.807) is 22.8 Å². The Morgan fingerprint density at radius 1 is 1.23 bits per heavy atom. The van der Waals surface area contributed by atoms with E-state index in [0.29, 0.717) is 22.5 Å². The quantitative estimate of drug-likeness (QED) is 0.467. The number of hydrogen-bond donors (Lipinski definition) is 1. The number of carbonyl (C=O) groups is 1. The first-order valence-electron chi connectivity index (χ1n) is 9.95. The van der Waals surface area contributed by atoms with Crippen LogP contribution in [0.15, 0.2) is 52.4 Å². The highest BCUT2D eigenvalue weighted by Crippen LogP contribution is 2.24. The standard InChI is InChI=1S/C22H23N3O4S2/c1-14-7-8-19(15(2)11-14)25-21(27)17-5-3-4-6-18(17)24-22(25)30-12-20(26)23-16-9-10-31(28,29)13-16/h3-8,11,16H,9-10,12-13H2,1-2H3,(H,23,26)/t16-/m1/s1. The molecule has 4 rings (SSSR count). The summed E-state index contributed by atoms with van der Waals surface area (Å²) >= 11 is 1.17. The third-order valence-electron chi connectivity index (χ3n) is 5.27. The van der Waals surface area contributed by atoms with Crippen molar-refractivity contribution in [3.05, 3.63) is 63.9 Å². The van der Waals surface area contributed by atoms with Crippen molar-refractivity contribution in [1.29, 1.82) is 0 Å². The van der Waals surface area contributed by atoms with Crippen LogP contribution >= 0.6 is 11.8 Å². The van der Waals surface area contributed by atoms with E-state index in [1.165, 1.54) is 11.8 Å². The molecule has 0 bridgehead atoms. The fourth-order valence-corrected chi connectivity index (χ4v) is 6.28. The minimum Gasteiger partial charge on any atom is -0.352 e. The molecule has 1 saturated heterocycles. The molecule has 1 N–H and O–H groups in total. The second-order valence-electron chi connectivity index (χ2n) is 7.80. The van der Waals surface area contributed by atoms with Gasteiger partial charge in [0.15, 0.2) is 15.0 Å². The monoisotopic (exact) mass is 457 g/mol. The summed E-state index contributed by atoms with van der Waals surface area (Å²) in [6, 6.07) is 12.6. The molecule has 0 unspecified atom stereocenters. The van der Waals surface area contributed by atoms with Gasteiger partial charge in [-0.15, -0.1) is 0 Å². The summed E-state index contributed by atoms with van der Waals surface area (Å²) in [6.07, 6.45) is 0.431. The van der Waals surface area contributed by atoms with Gasteiger partial charge < -0.3 is 5.32 Å². The van der Waals surface area contributed by atoms with Gasteiger partial charge in [0.1, 0.15) is 0 Å². The highest BCUT2D eigenvalue weighted by molar-refractivity contribution is 7.99. The minimum absolute atomic E-state index is 0.0229. The van der Waals surface area contributed by atoms with Gasteiger partial charge in [0.05, 0.1) is 33.8 Å². The molecule has 1 fully saturated rings. The predicted molar refractivity (Wildman–Crippen MR) is 123 cm³/mol. The Bertz CT molecular complexity index is 1330. The summed E-state index contributed by atoms with van der Waals surface area (Å²) in [6.45, 7) is 3.92. The SMILES string of the molecule is Cc1ccc(-n2c(SCC(=O)N[C@@H]3CCS(=O)(=O)C3)nc3ccccc3c2=O)c(C)c1. The van der Waals surface area contributed by atoms with Gasteiger partial charge in [-0.3, -0.25) is 14.2 Å². The van der Waals surface area contributed by atoms with E-state index in [4.69, 9.17) is 0 Å². The van der Waals surface area contributed by atoms with Gasteiger partial charge >= 0.3 is 0 Å². The highest BCUT2D eigenvalue weighted by atomic mass is 32.2. The number of amides is 1. The molecule has 7 nitrogen and oxygen atoms in total. The average molecular weight is 458 g/mol. The Morgan fingerprint density at radius 2 is 2.00 bits per heavy atom. The maximum absolute atomic E-state index is 13.3. The topological polar surface area (TPSA) is 98.1 Å². The van der Waals surface area contributed by atoms with Crippen molar-refractivity contribution in [3.8, 4) is 5.69 Å². The van der Waals surface area contributed by atoms with Crippen LogP contribution in [0.4, 0.5) is 0 Å². The van der Waals surface area contributed by atoms with Gasteiger partial charge in [0.25, 0.3) is 5.56 Å². The Kier molecular flexibility index (Phi) is 5.90. The lowest BCUT2D eigenvalue weighted by molar-refractivity contribution is -0.119. The largest absolute Gasteiger partial charge is 0.352 e. The molecule has 162 valence electrons. The van der Waals surface area contributed by atoms with Crippen molar-refractivity contribution < 1.29 is 13.2 Å². The number of aromatic nitrogens is 2. The van der Waals surface area contributed by atoms with Crippen LogP contribution in [-0.2, 0) is 14.6 Å².